The van der Waals surface area contributed by atoms with Crippen molar-refractivity contribution >= 4 is 23.4 Å². The fourth-order valence-corrected chi connectivity index (χ4v) is 3.67. The van der Waals surface area contributed by atoms with Crippen molar-refractivity contribution in [3.63, 3.8) is 0 Å². The van der Waals surface area contributed by atoms with Crippen LogP contribution < -0.4 is 5.32 Å². The summed E-state index contributed by atoms with van der Waals surface area (Å²) >= 11 is 1.89. The molecule has 2 atom stereocenters. The van der Waals surface area contributed by atoms with Crippen LogP contribution in [0.1, 0.15) is 36.5 Å². The van der Waals surface area contributed by atoms with Crippen molar-refractivity contribution in [3.05, 3.63) is 39.7 Å². The molecule has 7 heteroatoms. The molecule has 1 amide bonds. The van der Waals surface area contributed by atoms with Gasteiger partial charge in [-0.05, 0) is 37.1 Å². The van der Waals surface area contributed by atoms with E-state index in [9.17, 15) is 19.3 Å². The summed E-state index contributed by atoms with van der Waals surface area (Å²) in [6.45, 7) is 2.11. The van der Waals surface area contributed by atoms with E-state index >= 15 is 0 Å². The van der Waals surface area contributed by atoms with E-state index in [1.165, 1.54) is 6.07 Å². The Labute approximate surface area is 126 Å². The highest BCUT2D eigenvalue weighted by atomic mass is 32.2. The average Bonchev–Trinajstić information content (AvgIpc) is 2.86. The molecule has 0 radical (unpaired) electrons. The molecule has 1 N–H and O–H groups in total. The maximum Gasteiger partial charge on any atom is 0.304 e. The highest BCUT2D eigenvalue weighted by molar-refractivity contribution is 7.99. The van der Waals surface area contributed by atoms with Gasteiger partial charge in [0.2, 0.25) is 5.82 Å². The zero-order valence-corrected chi connectivity index (χ0v) is 12.5. The molecule has 1 aromatic carbocycles. The van der Waals surface area contributed by atoms with Crippen LogP contribution in [0.5, 0.6) is 0 Å². The number of hydrogen-bond donors (Lipinski definition) is 1. The second kappa shape index (κ2) is 6.89. The molecular formula is C14H17FN2O3S. The lowest BCUT2D eigenvalue weighted by atomic mass is 10.1. The molecule has 1 saturated carbocycles. The standard InChI is InChI=1S/C14H17FN2O3S/c1-2-21-11-5-4-10(8-11)16-14(18)9-3-6-13(17(19)20)12(15)7-9/h3,6-7,10-11H,2,4-5,8H2,1H3,(H,16,18). The van der Waals surface area contributed by atoms with Crippen molar-refractivity contribution in [3.8, 4) is 0 Å². The predicted molar refractivity (Wildman–Crippen MR) is 80.1 cm³/mol. The summed E-state index contributed by atoms with van der Waals surface area (Å²) in [4.78, 5) is 21.8. The fourth-order valence-electron chi connectivity index (χ4n) is 2.52. The Morgan fingerprint density at radius 2 is 2.29 bits per heavy atom. The number of hydrogen-bond acceptors (Lipinski definition) is 4. The van der Waals surface area contributed by atoms with Gasteiger partial charge in [0.05, 0.1) is 4.92 Å². The van der Waals surface area contributed by atoms with Crippen molar-refractivity contribution in [1.82, 2.24) is 5.32 Å². The minimum Gasteiger partial charge on any atom is -0.349 e. The summed E-state index contributed by atoms with van der Waals surface area (Å²) in [5.74, 6) is -0.312. The van der Waals surface area contributed by atoms with Gasteiger partial charge in [-0.2, -0.15) is 16.2 Å². The molecule has 0 aliphatic heterocycles. The summed E-state index contributed by atoms with van der Waals surface area (Å²) in [5.41, 5.74) is -0.503. The predicted octanol–water partition coefficient (Wildman–Crippen LogP) is 3.14. The lowest BCUT2D eigenvalue weighted by Gasteiger charge is -2.13. The van der Waals surface area contributed by atoms with Gasteiger partial charge in [0.15, 0.2) is 0 Å². The summed E-state index contributed by atoms with van der Waals surface area (Å²) < 4.78 is 13.5. The monoisotopic (exact) mass is 312 g/mol. The number of nitro groups is 1. The molecule has 0 saturated heterocycles. The molecule has 0 aromatic heterocycles. The number of thioether (sulfide) groups is 1. The molecule has 0 spiro atoms. The quantitative estimate of drug-likeness (QED) is 0.669. The Morgan fingerprint density at radius 1 is 1.52 bits per heavy atom. The molecular weight excluding hydrogens is 295 g/mol. The van der Waals surface area contributed by atoms with Gasteiger partial charge in [-0.3, -0.25) is 14.9 Å². The first-order chi connectivity index (χ1) is 10.0. The van der Waals surface area contributed by atoms with Crippen molar-refractivity contribution in [2.24, 2.45) is 0 Å². The van der Waals surface area contributed by atoms with Gasteiger partial charge < -0.3 is 5.32 Å². The zero-order chi connectivity index (χ0) is 15.4. The van der Waals surface area contributed by atoms with Crippen molar-refractivity contribution in [1.29, 1.82) is 0 Å². The molecule has 1 aliphatic carbocycles. The Kier molecular flexibility index (Phi) is 5.17. The molecule has 1 fully saturated rings. The Bertz CT molecular complexity index is 553. The number of halogens is 1. The van der Waals surface area contributed by atoms with E-state index < -0.39 is 16.4 Å². The third kappa shape index (κ3) is 3.93. The fraction of sp³-hybridized carbons (Fsp3) is 0.500. The summed E-state index contributed by atoms with van der Waals surface area (Å²) in [6.07, 6.45) is 2.90. The summed E-state index contributed by atoms with van der Waals surface area (Å²) in [7, 11) is 0. The van der Waals surface area contributed by atoms with E-state index in [1.54, 1.807) is 0 Å². The molecule has 1 aliphatic rings. The van der Waals surface area contributed by atoms with E-state index in [1.807, 2.05) is 11.8 Å². The highest BCUT2D eigenvalue weighted by Crippen LogP contribution is 2.30. The van der Waals surface area contributed by atoms with Crippen LogP contribution in [0.25, 0.3) is 0 Å². The van der Waals surface area contributed by atoms with Crippen LogP contribution in [0, 0.1) is 15.9 Å². The van der Waals surface area contributed by atoms with Crippen LogP contribution in [0.3, 0.4) is 0 Å². The first-order valence-electron chi connectivity index (χ1n) is 6.87. The second-order valence-electron chi connectivity index (χ2n) is 4.98. The van der Waals surface area contributed by atoms with E-state index in [0.29, 0.717) is 5.25 Å². The molecule has 2 unspecified atom stereocenters. The van der Waals surface area contributed by atoms with Crippen LogP contribution >= 0.6 is 11.8 Å². The number of benzene rings is 1. The molecule has 2 rings (SSSR count). The van der Waals surface area contributed by atoms with E-state index in [4.69, 9.17) is 0 Å². The van der Waals surface area contributed by atoms with Crippen LogP contribution in [-0.4, -0.2) is 27.9 Å². The normalized spacial score (nSPS) is 21.2. The number of nitro benzene ring substituents is 1. The molecule has 5 nitrogen and oxygen atoms in total. The van der Waals surface area contributed by atoms with E-state index in [2.05, 4.69) is 12.2 Å². The first kappa shape index (κ1) is 15.8. The van der Waals surface area contributed by atoms with E-state index in [-0.39, 0.29) is 17.5 Å². The van der Waals surface area contributed by atoms with Crippen molar-refractivity contribution in [2.75, 3.05) is 5.75 Å². The maximum atomic E-state index is 13.5. The van der Waals surface area contributed by atoms with Gasteiger partial charge in [0.25, 0.3) is 5.91 Å². The van der Waals surface area contributed by atoms with Crippen LogP contribution in [-0.2, 0) is 0 Å². The molecule has 1 aromatic rings. The number of nitrogens with zero attached hydrogens (tertiary/aromatic N) is 1. The largest absolute Gasteiger partial charge is 0.349 e. The van der Waals surface area contributed by atoms with Gasteiger partial charge in [-0.25, -0.2) is 0 Å². The van der Waals surface area contributed by atoms with Gasteiger partial charge in [0, 0.05) is 22.9 Å². The van der Waals surface area contributed by atoms with Crippen molar-refractivity contribution < 1.29 is 14.1 Å². The molecule has 0 bridgehead atoms. The third-order valence-corrected chi connectivity index (χ3v) is 4.76. The van der Waals surface area contributed by atoms with Crippen LogP contribution in [0.2, 0.25) is 0 Å². The van der Waals surface area contributed by atoms with Gasteiger partial charge in [-0.15, -0.1) is 0 Å². The SMILES string of the molecule is CCSC1CCC(NC(=O)c2ccc([N+](=O)[O-])c(F)c2)C1. The second-order valence-corrected chi connectivity index (χ2v) is 6.56. The minimum absolute atomic E-state index is 0.0970. The molecule has 114 valence electrons. The van der Waals surface area contributed by atoms with Crippen LogP contribution in [0.4, 0.5) is 10.1 Å². The van der Waals surface area contributed by atoms with E-state index in [0.717, 1.165) is 37.1 Å². The van der Waals surface area contributed by atoms with Gasteiger partial charge in [-0.1, -0.05) is 6.92 Å². The van der Waals surface area contributed by atoms with Gasteiger partial charge >= 0.3 is 5.69 Å². The summed E-state index contributed by atoms with van der Waals surface area (Å²) in [6, 6.07) is 3.32. The molecule has 21 heavy (non-hydrogen) atoms. The minimum atomic E-state index is -0.988. The zero-order valence-electron chi connectivity index (χ0n) is 11.7. The number of carbonyl (C=O) groups excluding carboxylic acids is 1. The number of amides is 1. The summed E-state index contributed by atoms with van der Waals surface area (Å²) in [5, 5.41) is 14.0. The van der Waals surface area contributed by atoms with Gasteiger partial charge in [0.1, 0.15) is 0 Å². The Morgan fingerprint density at radius 3 is 2.90 bits per heavy atom. The van der Waals surface area contributed by atoms with Crippen LogP contribution in [0.15, 0.2) is 18.2 Å². The molecule has 0 heterocycles. The lowest BCUT2D eigenvalue weighted by Crippen LogP contribution is -2.33. The number of carbonyl (C=O) groups is 1. The van der Waals surface area contributed by atoms with Crippen molar-refractivity contribution in [2.45, 2.75) is 37.5 Å². The lowest BCUT2D eigenvalue weighted by molar-refractivity contribution is -0.387. The highest BCUT2D eigenvalue weighted by Gasteiger charge is 2.26. The maximum absolute atomic E-state index is 13.5. The number of rotatable bonds is 5. The third-order valence-electron chi connectivity index (χ3n) is 3.53. The Hall–Kier alpha value is -1.63. The Balaban J connectivity index is 1.98. The number of nitrogens with one attached hydrogen (secondary N) is 1. The topological polar surface area (TPSA) is 72.2 Å². The average molecular weight is 312 g/mol. The smallest absolute Gasteiger partial charge is 0.304 e. The first-order valence-corrected chi connectivity index (χ1v) is 7.92.